The number of ketones is 1. The second-order valence-corrected chi connectivity index (χ2v) is 3.00. The van der Waals surface area contributed by atoms with Crippen LogP contribution in [0, 0.1) is 6.92 Å². The Morgan fingerprint density at radius 1 is 1.50 bits per heavy atom. The van der Waals surface area contributed by atoms with E-state index in [2.05, 4.69) is 0 Å². The Labute approximate surface area is 85.6 Å². The molecule has 0 unspecified atom stereocenters. The second-order valence-electron chi connectivity index (χ2n) is 2.56. The van der Waals surface area contributed by atoms with E-state index in [1.807, 2.05) is 42.1 Å². The highest BCUT2D eigenvalue weighted by Gasteiger charge is 2.07. The first kappa shape index (κ1) is 9.51. The van der Waals surface area contributed by atoms with Gasteiger partial charge in [0.2, 0.25) is 0 Å². The van der Waals surface area contributed by atoms with Crippen LogP contribution in [0.5, 0.6) is 5.75 Å². The summed E-state index contributed by atoms with van der Waals surface area (Å²) in [6.45, 7) is 3.43. The first-order valence-corrected chi connectivity index (χ1v) is 4.44. The molecule has 0 N–H and O–H groups in total. The van der Waals surface area contributed by atoms with E-state index in [1.165, 1.54) is 0 Å². The van der Waals surface area contributed by atoms with Crippen LogP contribution >= 0.6 is 23.0 Å². The van der Waals surface area contributed by atoms with Crippen molar-refractivity contribution in [2.45, 2.75) is 13.8 Å². The zero-order valence-corrected chi connectivity index (χ0v) is 9.08. The fraction of sp³-hybridized carbons (Fsp3) is 0.222. The molecule has 0 fully saturated rings. The lowest BCUT2D eigenvalue weighted by Gasteiger charge is -2.05. The summed E-state index contributed by atoms with van der Waals surface area (Å²) in [5.74, 6) is 0.825. The van der Waals surface area contributed by atoms with E-state index in [-0.39, 0.29) is 5.78 Å². The highest BCUT2D eigenvalue weighted by atomic mass is 127. The van der Waals surface area contributed by atoms with Gasteiger partial charge in [-0.2, -0.15) is 0 Å². The van der Waals surface area contributed by atoms with Gasteiger partial charge in [-0.05, 0) is 19.9 Å². The van der Waals surface area contributed by atoms with E-state index in [1.54, 1.807) is 13.0 Å². The summed E-state index contributed by atoms with van der Waals surface area (Å²) in [7, 11) is 0. The van der Waals surface area contributed by atoms with E-state index in [9.17, 15) is 4.79 Å². The molecule has 2 nitrogen and oxygen atoms in total. The number of carbonyl (C=O) groups excluding carboxylic acids is 1. The summed E-state index contributed by atoms with van der Waals surface area (Å²) in [5.41, 5.74) is 1.63. The zero-order chi connectivity index (χ0) is 9.14. The molecule has 0 radical (unpaired) electrons. The number of carbonyl (C=O) groups is 1. The van der Waals surface area contributed by atoms with Crippen LogP contribution in [0.2, 0.25) is 0 Å². The molecule has 1 aromatic carbocycles. The van der Waals surface area contributed by atoms with Crippen LogP contribution in [-0.4, -0.2) is 5.78 Å². The molecule has 12 heavy (non-hydrogen) atoms. The van der Waals surface area contributed by atoms with E-state index in [0.29, 0.717) is 0 Å². The average molecular weight is 276 g/mol. The Morgan fingerprint density at radius 2 is 2.17 bits per heavy atom. The van der Waals surface area contributed by atoms with Gasteiger partial charge >= 0.3 is 0 Å². The van der Waals surface area contributed by atoms with Gasteiger partial charge in [-0.1, -0.05) is 12.1 Å². The predicted octanol–water partition coefficient (Wildman–Crippen LogP) is 2.93. The number of hydrogen-bond donors (Lipinski definition) is 0. The summed E-state index contributed by atoms with van der Waals surface area (Å²) in [6.07, 6.45) is 0. The van der Waals surface area contributed by atoms with Crippen LogP contribution < -0.4 is 3.07 Å². The van der Waals surface area contributed by atoms with Crippen LogP contribution in [0.1, 0.15) is 22.8 Å². The Kier molecular flexibility index (Phi) is 3.08. The first-order chi connectivity index (χ1) is 5.66. The van der Waals surface area contributed by atoms with E-state index >= 15 is 0 Å². The Balaban J connectivity index is 3.23. The van der Waals surface area contributed by atoms with Crippen molar-refractivity contribution in [3.8, 4) is 5.75 Å². The molecule has 1 aromatic rings. The summed E-state index contributed by atoms with van der Waals surface area (Å²) in [4.78, 5) is 11.1. The molecule has 0 saturated heterocycles. The van der Waals surface area contributed by atoms with Crippen LogP contribution in [0.3, 0.4) is 0 Å². The maximum Gasteiger partial charge on any atom is 0.192 e. The van der Waals surface area contributed by atoms with Gasteiger partial charge in [0.1, 0.15) is 5.75 Å². The van der Waals surface area contributed by atoms with Crippen LogP contribution in [0.15, 0.2) is 18.2 Å². The summed E-state index contributed by atoms with van der Waals surface area (Å²) < 4.78 is 5.05. The minimum atomic E-state index is 0.0720. The quantitative estimate of drug-likeness (QED) is 0.613. The predicted molar refractivity (Wildman–Crippen MR) is 55.8 cm³/mol. The standard InChI is InChI=1S/C9H9IO2/c1-6-8(7(2)11)4-3-5-9(6)12-10/h3-5H,1-2H3. The smallest absolute Gasteiger partial charge is 0.192 e. The second kappa shape index (κ2) is 3.89. The third kappa shape index (κ3) is 1.77. The number of Topliss-reactive ketones (excluding diaryl/α,β-unsaturated/α-hetero) is 1. The molecule has 0 aromatic heterocycles. The van der Waals surface area contributed by atoms with Crippen molar-refractivity contribution in [1.29, 1.82) is 0 Å². The van der Waals surface area contributed by atoms with Crippen LogP contribution in [0.4, 0.5) is 0 Å². The summed E-state index contributed by atoms with van der Waals surface area (Å²) in [6, 6.07) is 5.46. The third-order valence-electron chi connectivity index (χ3n) is 1.75. The third-order valence-corrected chi connectivity index (χ3v) is 2.22. The SMILES string of the molecule is CC(=O)c1cccc(OI)c1C. The normalized spacial score (nSPS) is 9.58. The molecule has 0 atom stereocenters. The molecule has 0 heterocycles. The maximum atomic E-state index is 11.1. The molecule has 0 spiro atoms. The lowest BCUT2D eigenvalue weighted by molar-refractivity contribution is 0.101. The molecular formula is C9H9IO2. The number of hydrogen-bond acceptors (Lipinski definition) is 2. The Morgan fingerprint density at radius 3 is 2.67 bits per heavy atom. The van der Waals surface area contributed by atoms with Crippen molar-refractivity contribution in [3.63, 3.8) is 0 Å². The zero-order valence-electron chi connectivity index (χ0n) is 6.93. The van der Waals surface area contributed by atoms with Gasteiger partial charge in [-0.25, -0.2) is 0 Å². The molecular weight excluding hydrogens is 267 g/mol. The van der Waals surface area contributed by atoms with Crippen molar-refractivity contribution in [2.75, 3.05) is 0 Å². The monoisotopic (exact) mass is 276 g/mol. The van der Waals surface area contributed by atoms with Gasteiger partial charge < -0.3 is 3.07 Å². The average Bonchev–Trinajstić information content (AvgIpc) is 2.04. The van der Waals surface area contributed by atoms with Gasteiger partial charge in [0.25, 0.3) is 0 Å². The minimum absolute atomic E-state index is 0.0720. The van der Waals surface area contributed by atoms with Gasteiger partial charge in [-0.15, -0.1) is 0 Å². The van der Waals surface area contributed by atoms with Crippen molar-refractivity contribution in [3.05, 3.63) is 29.3 Å². The summed E-state index contributed by atoms with van der Waals surface area (Å²) in [5, 5.41) is 0. The molecule has 0 bridgehead atoms. The molecule has 0 amide bonds. The lowest BCUT2D eigenvalue weighted by Crippen LogP contribution is -1.96. The maximum absolute atomic E-state index is 11.1. The molecule has 64 valence electrons. The van der Waals surface area contributed by atoms with Crippen molar-refractivity contribution in [1.82, 2.24) is 0 Å². The Bertz CT molecular complexity index is 307. The van der Waals surface area contributed by atoms with E-state index < -0.39 is 0 Å². The van der Waals surface area contributed by atoms with E-state index in [4.69, 9.17) is 3.07 Å². The number of rotatable bonds is 2. The van der Waals surface area contributed by atoms with Crippen LogP contribution in [-0.2, 0) is 0 Å². The topological polar surface area (TPSA) is 26.3 Å². The molecule has 1 rings (SSSR count). The lowest BCUT2D eigenvalue weighted by atomic mass is 10.1. The van der Waals surface area contributed by atoms with Crippen molar-refractivity contribution in [2.24, 2.45) is 0 Å². The van der Waals surface area contributed by atoms with Crippen LogP contribution in [0.25, 0.3) is 0 Å². The molecule has 0 aliphatic heterocycles. The molecule has 0 aliphatic carbocycles. The van der Waals surface area contributed by atoms with Crippen molar-refractivity contribution >= 4 is 28.8 Å². The minimum Gasteiger partial charge on any atom is -0.427 e. The van der Waals surface area contributed by atoms with Gasteiger partial charge in [-0.3, -0.25) is 4.79 Å². The molecule has 3 heteroatoms. The molecule has 0 aliphatic rings. The summed E-state index contributed by atoms with van der Waals surface area (Å²) >= 11 is 1.81. The first-order valence-electron chi connectivity index (χ1n) is 3.56. The van der Waals surface area contributed by atoms with Gasteiger partial charge in [0, 0.05) is 11.1 Å². The number of benzene rings is 1. The van der Waals surface area contributed by atoms with Crippen molar-refractivity contribution < 1.29 is 7.86 Å². The fourth-order valence-corrected chi connectivity index (χ4v) is 1.56. The highest BCUT2D eigenvalue weighted by molar-refractivity contribution is 14.1. The highest BCUT2D eigenvalue weighted by Crippen LogP contribution is 2.23. The largest absolute Gasteiger partial charge is 0.427 e. The molecule has 0 saturated carbocycles. The van der Waals surface area contributed by atoms with Gasteiger partial charge in [0.05, 0.1) is 0 Å². The Hall–Kier alpha value is -0.580. The number of halogens is 1. The van der Waals surface area contributed by atoms with Gasteiger partial charge in [0.15, 0.2) is 28.8 Å². The fourth-order valence-electron chi connectivity index (χ4n) is 1.08. The van der Waals surface area contributed by atoms with E-state index in [0.717, 1.165) is 16.9 Å².